The summed E-state index contributed by atoms with van der Waals surface area (Å²) in [6.07, 6.45) is 5.65. The Labute approximate surface area is 141 Å². The van der Waals surface area contributed by atoms with Gasteiger partial charge in [-0.15, -0.1) is 0 Å². The molecule has 0 radical (unpaired) electrons. The SMILES string of the molecule is O=C=Nc1ccc(C(N=C=O)c2ccc(N=C=O)c(N=C=O)c2)cc1. The Hall–Kier alpha value is -4.04. The van der Waals surface area contributed by atoms with Crippen LogP contribution in [-0.4, -0.2) is 24.3 Å². The summed E-state index contributed by atoms with van der Waals surface area (Å²) >= 11 is 0. The number of rotatable bonds is 6. The first-order chi connectivity index (χ1) is 12.2. The van der Waals surface area contributed by atoms with E-state index in [2.05, 4.69) is 20.0 Å². The zero-order chi connectivity index (χ0) is 18.1. The van der Waals surface area contributed by atoms with Gasteiger partial charge in [-0.1, -0.05) is 18.2 Å². The van der Waals surface area contributed by atoms with Gasteiger partial charge in [0.1, 0.15) is 17.4 Å². The summed E-state index contributed by atoms with van der Waals surface area (Å²) in [6.45, 7) is 0. The minimum Gasteiger partial charge on any atom is -0.211 e. The summed E-state index contributed by atoms with van der Waals surface area (Å²) in [5.74, 6) is 0. The third-order valence-corrected chi connectivity index (χ3v) is 3.21. The first-order valence-corrected chi connectivity index (χ1v) is 6.78. The van der Waals surface area contributed by atoms with E-state index < -0.39 is 6.04 Å². The van der Waals surface area contributed by atoms with E-state index in [4.69, 9.17) is 0 Å². The van der Waals surface area contributed by atoms with Crippen LogP contribution in [0.1, 0.15) is 17.2 Å². The molecule has 0 saturated heterocycles. The molecule has 0 saturated carbocycles. The third kappa shape index (κ3) is 4.24. The fourth-order valence-electron chi connectivity index (χ4n) is 2.17. The maximum atomic E-state index is 10.8. The van der Waals surface area contributed by atoms with E-state index in [1.54, 1.807) is 30.3 Å². The van der Waals surface area contributed by atoms with Crippen molar-refractivity contribution in [2.75, 3.05) is 0 Å². The van der Waals surface area contributed by atoms with Crippen LogP contribution in [0.5, 0.6) is 0 Å². The molecule has 8 heteroatoms. The Morgan fingerprint density at radius 1 is 0.640 bits per heavy atom. The van der Waals surface area contributed by atoms with E-state index in [1.165, 1.54) is 36.5 Å². The lowest BCUT2D eigenvalue weighted by molar-refractivity contribution is 0.560. The van der Waals surface area contributed by atoms with Gasteiger partial charge in [-0.2, -0.15) is 20.0 Å². The predicted molar refractivity (Wildman–Crippen MR) is 86.2 cm³/mol. The van der Waals surface area contributed by atoms with Gasteiger partial charge in [0.05, 0.1) is 5.69 Å². The maximum absolute atomic E-state index is 10.8. The van der Waals surface area contributed by atoms with Gasteiger partial charge >= 0.3 is 0 Å². The Bertz CT molecular complexity index is 974. The maximum Gasteiger partial charge on any atom is 0.240 e. The monoisotopic (exact) mass is 332 g/mol. The number of aliphatic imine (C=N–C) groups is 4. The van der Waals surface area contributed by atoms with Crippen molar-refractivity contribution in [2.45, 2.75) is 6.04 Å². The van der Waals surface area contributed by atoms with Crippen molar-refractivity contribution in [3.8, 4) is 0 Å². The van der Waals surface area contributed by atoms with Crippen molar-refractivity contribution in [3.05, 3.63) is 53.6 Å². The van der Waals surface area contributed by atoms with Gasteiger partial charge in [0.2, 0.25) is 24.3 Å². The Morgan fingerprint density at radius 3 is 1.84 bits per heavy atom. The number of isocyanates is 4. The van der Waals surface area contributed by atoms with E-state index in [0.29, 0.717) is 16.8 Å². The van der Waals surface area contributed by atoms with Crippen LogP contribution < -0.4 is 0 Å². The summed E-state index contributed by atoms with van der Waals surface area (Å²) in [5, 5.41) is 0. The van der Waals surface area contributed by atoms with E-state index in [-0.39, 0.29) is 11.4 Å². The molecule has 0 fully saturated rings. The molecular formula is C17H8N4O4. The Balaban J connectivity index is 2.54. The number of nitrogens with zero attached hydrogens (tertiary/aromatic N) is 4. The summed E-state index contributed by atoms with van der Waals surface area (Å²) in [4.78, 5) is 56.2. The highest BCUT2D eigenvalue weighted by Gasteiger charge is 2.15. The van der Waals surface area contributed by atoms with Crippen LogP contribution in [0.15, 0.2) is 62.4 Å². The van der Waals surface area contributed by atoms with Crippen molar-refractivity contribution in [3.63, 3.8) is 0 Å². The summed E-state index contributed by atoms with van der Waals surface area (Å²) < 4.78 is 0. The lowest BCUT2D eigenvalue weighted by atomic mass is 9.98. The number of hydrogen-bond acceptors (Lipinski definition) is 8. The van der Waals surface area contributed by atoms with Crippen molar-refractivity contribution in [1.29, 1.82) is 0 Å². The second kappa shape index (κ2) is 8.56. The van der Waals surface area contributed by atoms with Crippen molar-refractivity contribution >= 4 is 41.4 Å². The highest BCUT2D eigenvalue weighted by molar-refractivity contribution is 5.69. The highest BCUT2D eigenvalue weighted by Crippen LogP contribution is 2.34. The lowest BCUT2D eigenvalue weighted by Gasteiger charge is -2.12. The smallest absolute Gasteiger partial charge is 0.211 e. The van der Waals surface area contributed by atoms with Gasteiger partial charge in [-0.3, -0.25) is 0 Å². The van der Waals surface area contributed by atoms with Crippen LogP contribution >= 0.6 is 0 Å². The van der Waals surface area contributed by atoms with Crippen LogP contribution in [0.2, 0.25) is 0 Å². The predicted octanol–water partition coefficient (Wildman–Crippen LogP) is 3.01. The third-order valence-electron chi connectivity index (χ3n) is 3.21. The van der Waals surface area contributed by atoms with E-state index in [1.807, 2.05) is 0 Å². The molecule has 0 aliphatic heterocycles. The lowest BCUT2D eigenvalue weighted by Crippen LogP contribution is -1.97. The van der Waals surface area contributed by atoms with Crippen LogP contribution in [0.3, 0.4) is 0 Å². The van der Waals surface area contributed by atoms with Gasteiger partial charge in [-0.25, -0.2) is 19.2 Å². The molecule has 0 aromatic heterocycles. The first-order valence-electron chi connectivity index (χ1n) is 6.78. The molecule has 0 aliphatic rings. The van der Waals surface area contributed by atoms with E-state index in [0.717, 1.165) is 0 Å². The van der Waals surface area contributed by atoms with Gasteiger partial charge in [0.15, 0.2) is 0 Å². The molecule has 0 aliphatic carbocycles. The van der Waals surface area contributed by atoms with Crippen LogP contribution in [0.25, 0.3) is 0 Å². The van der Waals surface area contributed by atoms with Crippen molar-refractivity contribution < 1.29 is 19.2 Å². The second-order valence-electron chi connectivity index (χ2n) is 4.57. The number of benzene rings is 2. The van der Waals surface area contributed by atoms with Gasteiger partial charge in [0.25, 0.3) is 0 Å². The van der Waals surface area contributed by atoms with E-state index in [9.17, 15) is 19.2 Å². The van der Waals surface area contributed by atoms with Gasteiger partial charge in [-0.05, 0) is 35.4 Å². The molecule has 2 aromatic rings. The molecule has 0 N–H and O–H groups in total. The minimum absolute atomic E-state index is 0.0872. The van der Waals surface area contributed by atoms with Gasteiger partial charge < -0.3 is 0 Å². The zero-order valence-electron chi connectivity index (χ0n) is 12.5. The molecule has 0 bridgehead atoms. The fraction of sp³-hybridized carbons (Fsp3) is 0.0588. The number of carbonyl (C=O) groups excluding carboxylic acids is 4. The van der Waals surface area contributed by atoms with Crippen LogP contribution in [-0.2, 0) is 19.2 Å². The normalized spacial score (nSPS) is 10.2. The topological polar surface area (TPSA) is 118 Å². The first kappa shape index (κ1) is 17.3. The standard InChI is InChI=1S/C17H8N4O4/c22-8-18-14-4-1-12(2-5-14)17(21-11-25)13-3-6-15(19-9-23)16(7-13)20-10-24/h1-7,17H. The Kier molecular flexibility index (Phi) is 5.93. The average molecular weight is 332 g/mol. The summed E-state index contributed by atoms with van der Waals surface area (Å²) in [5.41, 5.74) is 1.74. The molecule has 2 aromatic carbocycles. The number of hydrogen-bond donors (Lipinski definition) is 0. The van der Waals surface area contributed by atoms with Gasteiger partial charge in [0, 0.05) is 0 Å². The zero-order valence-corrected chi connectivity index (χ0v) is 12.5. The van der Waals surface area contributed by atoms with Crippen LogP contribution in [0.4, 0.5) is 17.1 Å². The summed E-state index contributed by atoms with van der Waals surface area (Å²) in [7, 11) is 0. The van der Waals surface area contributed by atoms with Crippen molar-refractivity contribution in [1.82, 2.24) is 0 Å². The van der Waals surface area contributed by atoms with Crippen molar-refractivity contribution in [2.24, 2.45) is 20.0 Å². The molecule has 1 atom stereocenters. The highest BCUT2D eigenvalue weighted by atomic mass is 16.1. The molecule has 1 unspecified atom stereocenters. The molecule has 0 heterocycles. The average Bonchev–Trinajstić information content (AvgIpc) is 2.63. The molecule has 8 nitrogen and oxygen atoms in total. The second-order valence-corrected chi connectivity index (χ2v) is 4.57. The Morgan fingerprint density at radius 2 is 1.24 bits per heavy atom. The van der Waals surface area contributed by atoms with E-state index >= 15 is 0 Å². The quantitative estimate of drug-likeness (QED) is 0.596. The minimum atomic E-state index is -0.735. The fourth-order valence-corrected chi connectivity index (χ4v) is 2.17. The van der Waals surface area contributed by atoms with Crippen LogP contribution in [0, 0.1) is 0 Å². The molecule has 120 valence electrons. The molecule has 0 amide bonds. The molecule has 25 heavy (non-hydrogen) atoms. The molecule has 0 spiro atoms. The summed E-state index contributed by atoms with van der Waals surface area (Å²) in [6, 6.07) is 10.1. The largest absolute Gasteiger partial charge is 0.240 e. The molecular weight excluding hydrogens is 324 g/mol. The molecule has 2 rings (SSSR count).